The van der Waals surface area contributed by atoms with Gasteiger partial charge >= 0.3 is 0 Å². The van der Waals surface area contributed by atoms with Gasteiger partial charge in [-0.2, -0.15) is 0 Å². The summed E-state index contributed by atoms with van der Waals surface area (Å²) in [6, 6.07) is 10.5. The molecule has 0 saturated carbocycles. The van der Waals surface area contributed by atoms with E-state index in [1.54, 1.807) is 0 Å². The highest BCUT2D eigenvalue weighted by Crippen LogP contribution is 2.10. The molecule has 4 heteroatoms. The first-order valence-corrected chi connectivity index (χ1v) is 7.42. The zero-order valence-corrected chi connectivity index (χ0v) is 12.0. The molecule has 1 aromatic rings. The van der Waals surface area contributed by atoms with Gasteiger partial charge in [-0.25, -0.2) is 0 Å². The third-order valence-electron chi connectivity index (χ3n) is 3.28. The van der Waals surface area contributed by atoms with Crippen LogP contribution < -0.4 is 10.6 Å². The Morgan fingerprint density at radius 3 is 2.84 bits per heavy atom. The van der Waals surface area contributed by atoms with E-state index < -0.39 is 0 Å². The molecule has 1 aliphatic heterocycles. The highest BCUT2D eigenvalue weighted by Gasteiger charge is 2.14. The molecule has 1 aromatic carbocycles. The minimum atomic E-state index is 0.337. The lowest BCUT2D eigenvalue weighted by Crippen LogP contribution is -2.39. The molecule has 1 aliphatic rings. The van der Waals surface area contributed by atoms with Crippen LogP contribution in [0.2, 0.25) is 0 Å². The summed E-state index contributed by atoms with van der Waals surface area (Å²) in [4.78, 5) is 0. The molecule has 19 heavy (non-hydrogen) atoms. The van der Waals surface area contributed by atoms with Crippen molar-refractivity contribution in [1.29, 1.82) is 0 Å². The van der Waals surface area contributed by atoms with E-state index in [-0.39, 0.29) is 0 Å². The first-order chi connectivity index (χ1) is 9.34. The van der Waals surface area contributed by atoms with E-state index in [1.165, 1.54) is 12.0 Å². The van der Waals surface area contributed by atoms with Gasteiger partial charge in [0.2, 0.25) is 0 Å². The average Bonchev–Trinajstić information content (AvgIpc) is 2.96. The number of hydrogen-bond acceptors (Lipinski definition) is 2. The van der Waals surface area contributed by atoms with Gasteiger partial charge in [0.15, 0.2) is 5.11 Å². The Morgan fingerprint density at radius 1 is 1.26 bits per heavy atom. The first-order valence-electron chi connectivity index (χ1n) is 7.02. The fraction of sp³-hybridized carbons (Fsp3) is 0.533. The third kappa shape index (κ3) is 5.57. The minimum absolute atomic E-state index is 0.337. The van der Waals surface area contributed by atoms with Gasteiger partial charge in [-0.15, -0.1) is 0 Å². The Hall–Kier alpha value is -1.13. The Labute approximate surface area is 120 Å². The van der Waals surface area contributed by atoms with Gasteiger partial charge in [0.1, 0.15) is 0 Å². The van der Waals surface area contributed by atoms with Crippen LogP contribution in [-0.2, 0) is 11.2 Å². The molecule has 1 atom stereocenters. The van der Waals surface area contributed by atoms with E-state index >= 15 is 0 Å². The van der Waals surface area contributed by atoms with Crippen LogP contribution in [0.3, 0.4) is 0 Å². The maximum absolute atomic E-state index is 5.54. The predicted octanol–water partition coefficient (Wildman–Crippen LogP) is 2.26. The second-order valence-electron chi connectivity index (χ2n) is 4.86. The molecule has 0 amide bonds. The molecule has 0 aromatic heterocycles. The van der Waals surface area contributed by atoms with Gasteiger partial charge in [0.25, 0.3) is 0 Å². The molecule has 0 spiro atoms. The van der Waals surface area contributed by atoms with Gasteiger partial charge in [-0.3, -0.25) is 0 Å². The van der Waals surface area contributed by atoms with Crippen LogP contribution in [0.1, 0.15) is 24.8 Å². The number of hydrogen-bond donors (Lipinski definition) is 2. The number of aryl methyl sites for hydroxylation is 1. The zero-order valence-electron chi connectivity index (χ0n) is 11.2. The second kappa shape index (κ2) is 8.12. The summed E-state index contributed by atoms with van der Waals surface area (Å²) in [6.07, 6.45) is 4.82. The summed E-state index contributed by atoms with van der Waals surface area (Å²) in [5.41, 5.74) is 1.38. The largest absolute Gasteiger partial charge is 0.376 e. The number of rotatable bonds is 6. The highest BCUT2D eigenvalue weighted by molar-refractivity contribution is 7.80. The molecule has 1 saturated heterocycles. The van der Waals surface area contributed by atoms with E-state index in [0.29, 0.717) is 6.10 Å². The van der Waals surface area contributed by atoms with Gasteiger partial charge in [0.05, 0.1) is 6.10 Å². The fourth-order valence-electron chi connectivity index (χ4n) is 2.21. The van der Waals surface area contributed by atoms with Crippen molar-refractivity contribution in [1.82, 2.24) is 10.6 Å². The lowest BCUT2D eigenvalue weighted by molar-refractivity contribution is 0.114. The molecule has 2 N–H and O–H groups in total. The molecule has 104 valence electrons. The summed E-state index contributed by atoms with van der Waals surface area (Å²) >= 11 is 5.24. The van der Waals surface area contributed by atoms with Crippen LogP contribution in [0.25, 0.3) is 0 Å². The van der Waals surface area contributed by atoms with E-state index in [9.17, 15) is 0 Å². The molecular formula is C15H22N2OS. The Bertz CT molecular complexity index is 377. The zero-order chi connectivity index (χ0) is 13.3. The topological polar surface area (TPSA) is 33.3 Å². The second-order valence-corrected chi connectivity index (χ2v) is 5.27. The third-order valence-corrected chi connectivity index (χ3v) is 3.57. The van der Waals surface area contributed by atoms with Gasteiger partial charge in [-0.1, -0.05) is 30.3 Å². The molecule has 3 nitrogen and oxygen atoms in total. The SMILES string of the molecule is S=C(NCCCc1ccccc1)NC[C@H]1CCCO1. The summed E-state index contributed by atoms with van der Waals surface area (Å²) in [5, 5.41) is 7.20. The van der Waals surface area contributed by atoms with E-state index in [1.807, 2.05) is 6.07 Å². The normalized spacial score (nSPS) is 18.2. The summed E-state index contributed by atoms with van der Waals surface area (Å²) < 4.78 is 5.54. The van der Waals surface area contributed by atoms with Crippen LogP contribution in [-0.4, -0.2) is 30.9 Å². The van der Waals surface area contributed by atoms with E-state index in [4.69, 9.17) is 17.0 Å². The number of thiocarbonyl (C=S) groups is 1. The van der Waals surface area contributed by atoms with Gasteiger partial charge in [-0.05, 0) is 43.5 Å². The summed E-state index contributed by atoms with van der Waals surface area (Å²) in [6.45, 7) is 2.63. The monoisotopic (exact) mass is 278 g/mol. The highest BCUT2D eigenvalue weighted by atomic mass is 32.1. The quantitative estimate of drug-likeness (QED) is 0.618. The van der Waals surface area contributed by atoms with Crippen LogP contribution in [0.5, 0.6) is 0 Å². The molecule has 1 heterocycles. The minimum Gasteiger partial charge on any atom is -0.376 e. The molecule has 0 bridgehead atoms. The molecule has 0 radical (unpaired) electrons. The molecule has 2 rings (SSSR count). The lowest BCUT2D eigenvalue weighted by Gasteiger charge is -2.13. The van der Waals surface area contributed by atoms with Crippen molar-refractivity contribution in [3.63, 3.8) is 0 Å². The lowest BCUT2D eigenvalue weighted by atomic mass is 10.1. The Morgan fingerprint density at radius 2 is 2.11 bits per heavy atom. The fourth-order valence-corrected chi connectivity index (χ4v) is 2.40. The van der Waals surface area contributed by atoms with Gasteiger partial charge < -0.3 is 15.4 Å². The van der Waals surface area contributed by atoms with Crippen molar-refractivity contribution in [2.45, 2.75) is 31.8 Å². The maximum Gasteiger partial charge on any atom is 0.166 e. The van der Waals surface area contributed by atoms with E-state index in [2.05, 4.69) is 34.9 Å². The number of benzene rings is 1. The molecule has 0 aliphatic carbocycles. The Kier molecular flexibility index (Phi) is 6.11. The molecule has 0 unspecified atom stereocenters. The van der Waals surface area contributed by atoms with Crippen LogP contribution in [0.4, 0.5) is 0 Å². The average molecular weight is 278 g/mol. The van der Waals surface area contributed by atoms with E-state index in [0.717, 1.165) is 44.1 Å². The first kappa shape index (κ1) is 14.3. The van der Waals surface area contributed by atoms with Crippen molar-refractivity contribution in [3.8, 4) is 0 Å². The molecule has 1 fully saturated rings. The van der Waals surface area contributed by atoms with Crippen LogP contribution >= 0.6 is 12.2 Å². The standard InChI is InChI=1S/C15H22N2OS/c19-15(17-12-14-9-5-11-18-14)16-10-4-8-13-6-2-1-3-7-13/h1-3,6-7,14H,4-5,8-12H2,(H2,16,17,19)/t14-/m1/s1. The number of nitrogens with one attached hydrogen (secondary N) is 2. The number of ether oxygens (including phenoxy) is 1. The van der Waals surface area contributed by atoms with Crippen molar-refractivity contribution in [3.05, 3.63) is 35.9 Å². The van der Waals surface area contributed by atoms with Gasteiger partial charge in [0, 0.05) is 19.7 Å². The summed E-state index contributed by atoms with van der Waals surface area (Å²) in [7, 11) is 0. The van der Waals surface area contributed by atoms with Crippen molar-refractivity contribution >= 4 is 17.3 Å². The maximum atomic E-state index is 5.54. The van der Waals surface area contributed by atoms with Crippen molar-refractivity contribution in [2.75, 3.05) is 19.7 Å². The van der Waals surface area contributed by atoms with Crippen LogP contribution in [0.15, 0.2) is 30.3 Å². The molecular weight excluding hydrogens is 256 g/mol. The predicted molar refractivity (Wildman–Crippen MR) is 82.3 cm³/mol. The summed E-state index contributed by atoms with van der Waals surface area (Å²) in [5.74, 6) is 0. The van der Waals surface area contributed by atoms with Crippen molar-refractivity contribution in [2.24, 2.45) is 0 Å². The Balaban J connectivity index is 1.51. The van der Waals surface area contributed by atoms with Crippen LogP contribution in [0, 0.1) is 0 Å². The smallest absolute Gasteiger partial charge is 0.166 e. The van der Waals surface area contributed by atoms with Crippen molar-refractivity contribution < 1.29 is 4.74 Å².